The van der Waals surface area contributed by atoms with Gasteiger partial charge in [-0.25, -0.2) is 0 Å². The topological polar surface area (TPSA) is 33.0 Å². The number of hydrogen-bond acceptors (Lipinski definition) is 2. The summed E-state index contributed by atoms with van der Waals surface area (Å²) in [4.78, 5) is 0. The fraction of sp³-hybridized carbons (Fsp3) is 0.300. The Bertz CT molecular complexity index is 419. The van der Waals surface area contributed by atoms with Gasteiger partial charge >= 0.3 is 58.4 Å². The molecule has 0 heterocycles. The molecule has 0 N–H and O–H groups in total. The smallest absolute Gasteiger partial charge is 0.521 e. The second kappa shape index (κ2) is 6.81. The van der Waals surface area contributed by atoms with Crippen molar-refractivity contribution in [2.45, 2.75) is 13.8 Å². The second-order valence-electron chi connectivity index (χ2n) is 3.57. The van der Waals surface area contributed by atoms with Gasteiger partial charge in [0.1, 0.15) is 5.75 Å². The summed E-state index contributed by atoms with van der Waals surface area (Å²) in [5.41, 5.74) is 1.49. The van der Waals surface area contributed by atoms with E-state index >= 15 is 0 Å². The fourth-order valence-corrected chi connectivity index (χ4v) is 1.42. The molecule has 0 radical (unpaired) electrons. The van der Waals surface area contributed by atoms with Gasteiger partial charge in [-0.05, 0) is 37.1 Å². The molecule has 1 aromatic rings. The van der Waals surface area contributed by atoms with Crippen LogP contribution < -0.4 is 56.1 Å². The van der Waals surface area contributed by atoms with Crippen molar-refractivity contribution in [2.24, 2.45) is 0 Å². The third-order valence-electron chi connectivity index (χ3n) is 2.01. The molecule has 0 saturated carbocycles. The van der Waals surface area contributed by atoms with Gasteiger partial charge in [0.25, 0.3) is 0 Å². The van der Waals surface area contributed by atoms with E-state index < -0.39 is 13.5 Å². The van der Waals surface area contributed by atoms with E-state index in [0.29, 0.717) is 16.7 Å². The van der Waals surface area contributed by atoms with Crippen molar-refractivity contribution in [2.75, 3.05) is 6.51 Å². The molecule has 2 nitrogen and oxygen atoms in total. The summed E-state index contributed by atoms with van der Waals surface area (Å²) in [5, 5.41) is 8.67. The molecule has 0 saturated heterocycles. The van der Waals surface area contributed by atoms with Crippen LogP contribution in [0, 0.1) is 25.2 Å². The average Bonchev–Trinajstić information content (AvgIpc) is 2.14. The summed E-state index contributed by atoms with van der Waals surface area (Å²) in [6, 6.07) is 4.95. The van der Waals surface area contributed by atoms with E-state index in [1.54, 1.807) is 13.8 Å². The van der Waals surface area contributed by atoms with Gasteiger partial charge in [0, 0.05) is 0 Å². The Morgan fingerprint density at radius 2 is 1.71 bits per heavy atom. The zero-order chi connectivity index (χ0) is 12.3. The van der Waals surface area contributed by atoms with E-state index in [9.17, 15) is 12.9 Å². The number of hydrogen-bond donors (Lipinski definition) is 0. The average molecular weight is 267 g/mol. The van der Waals surface area contributed by atoms with Gasteiger partial charge in [-0.15, -0.1) is 0 Å². The van der Waals surface area contributed by atoms with Crippen LogP contribution in [0.3, 0.4) is 0 Å². The van der Waals surface area contributed by atoms with Crippen molar-refractivity contribution < 1.29 is 69.1 Å². The molecule has 0 fully saturated rings. The zero-order valence-electron chi connectivity index (χ0n) is 9.93. The van der Waals surface area contributed by atoms with Gasteiger partial charge in [-0.1, -0.05) is 0 Å². The first-order valence-corrected chi connectivity index (χ1v) is 4.68. The minimum absolute atomic E-state index is 0. The van der Waals surface area contributed by atoms with E-state index in [0.717, 1.165) is 0 Å². The molecule has 0 bridgehead atoms. The second-order valence-corrected chi connectivity index (χ2v) is 3.57. The molecule has 0 atom stereocenters. The summed E-state index contributed by atoms with van der Waals surface area (Å²) in [5.74, 6) is 0.207. The number of benzene rings is 1. The van der Waals surface area contributed by atoms with Gasteiger partial charge in [0.15, 0.2) is 0 Å². The zero-order valence-corrected chi connectivity index (χ0v) is 13.1. The molecule has 0 aliphatic carbocycles. The van der Waals surface area contributed by atoms with Crippen molar-refractivity contribution >= 4 is 6.98 Å². The van der Waals surface area contributed by atoms with Crippen LogP contribution in [0.4, 0.5) is 12.9 Å². The Hall–Kier alpha value is 0.00130. The Kier molecular flexibility index (Phi) is 6.81. The van der Waals surface area contributed by atoms with Crippen molar-refractivity contribution in [1.29, 1.82) is 5.26 Å². The van der Waals surface area contributed by atoms with Gasteiger partial charge in [-0.3, -0.25) is 0 Å². The molecule has 86 valence electrons. The molecule has 7 heteroatoms. The van der Waals surface area contributed by atoms with Crippen LogP contribution in [-0.4, -0.2) is 13.5 Å². The number of aryl methyl sites for hydroxylation is 2. The molecular weight excluding hydrogens is 257 g/mol. The summed E-state index contributed by atoms with van der Waals surface area (Å²) >= 11 is 0. The molecule has 0 aromatic heterocycles. The van der Waals surface area contributed by atoms with Gasteiger partial charge < -0.3 is 17.7 Å². The molecule has 0 spiro atoms. The molecule has 0 aliphatic rings. The van der Waals surface area contributed by atoms with Crippen LogP contribution >= 0.6 is 0 Å². The van der Waals surface area contributed by atoms with Gasteiger partial charge in [0.05, 0.1) is 18.1 Å². The molecule has 0 aliphatic heterocycles. The number of nitriles is 1. The summed E-state index contributed by atoms with van der Waals surface area (Å²) in [6.07, 6.45) is 0. The SMILES string of the molecule is Cc1cc(C#N)cc(C)c1OC[B-](F)(F)F.[K+]. The van der Waals surface area contributed by atoms with Crippen LogP contribution in [0.15, 0.2) is 12.1 Å². The number of nitrogens with zero attached hydrogens (tertiary/aromatic N) is 1. The molecule has 1 aromatic carbocycles. The van der Waals surface area contributed by atoms with Crippen molar-refractivity contribution in [3.05, 3.63) is 28.8 Å². The molecule has 17 heavy (non-hydrogen) atoms. The largest absolute Gasteiger partial charge is 1.00 e. The predicted molar refractivity (Wildman–Crippen MR) is 55.2 cm³/mol. The molecule has 1 rings (SSSR count). The normalized spacial score (nSPS) is 10.4. The quantitative estimate of drug-likeness (QED) is 0.719. The maximum Gasteiger partial charge on any atom is 1.00 e. The Morgan fingerprint density at radius 3 is 2.06 bits per heavy atom. The maximum atomic E-state index is 12.0. The van der Waals surface area contributed by atoms with Crippen LogP contribution in [-0.2, 0) is 0 Å². The van der Waals surface area contributed by atoms with Crippen molar-refractivity contribution in [3.63, 3.8) is 0 Å². The van der Waals surface area contributed by atoms with Crippen LogP contribution in [0.5, 0.6) is 5.75 Å². The first-order valence-electron chi connectivity index (χ1n) is 4.68. The predicted octanol–water partition coefficient (Wildman–Crippen LogP) is -0.0555. The Balaban J connectivity index is 0.00000256. The van der Waals surface area contributed by atoms with Crippen LogP contribution in [0.25, 0.3) is 0 Å². The first-order chi connectivity index (χ1) is 7.33. The molecule has 0 unspecified atom stereocenters. The Morgan fingerprint density at radius 1 is 1.24 bits per heavy atom. The van der Waals surface area contributed by atoms with Crippen LogP contribution in [0.2, 0.25) is 0 Å². The Labute approximate surface area is 141 Å². The molecular formula is C10H10BF3KNO. The number of rotatable bonds is 3. The van der Waals surface area contributed by atoms with Gasteiger partial charge in [-0.2, -0.15) is 5.26 Å². The number of ether oxygens (including phenoxy) is 1. The summed E-state index contributed by atoms with van der Waals surface area (Å²) in [6.45, 7) is -2.98. The van der Waals surface area contributed by atoms with Crippen LogP contribution in [0.1, 0.15) is 16.7 Å². The minimum atomic E-state index is -4.96. The van der Waals surface area contributed by atoms with E-state index in [1.165, 1.54) is 12.1 Å². The number of halogens is 3. The van der Waals surface area contributed by atoms with Crippen molar-refractivity contribution in [3.8, 4) is 11.8 Å². The van der Waals surface area contributed by atoms with E-state index in [2.05, 4.69) is 0 Å². The standard InChI is InChI=1S/C10H10BF3NO.K/c1-7-3-9(5-15)4-8(2)10(7)16-6-11(12,13)14;/h3-4H,6H2,1-2H3;/q-1;+1. The van der Waals surface area contributed by atoms with E-state index in [-0.39, 0.29) is 57.1 Å². The summed E-state index contributed by atoms with van der Waals surface area (Å²) < 4.78 is 40.8. The van der Waals surface area contributed by atoms with Gasteiger partial charge in [0.2, 0.25) is 0 Å². The third kappa shape index (κ3) is 5.45. The minimum Gasteiger partial charge on any atom is -0.521 e. The van der Waals surface area contributed by atoms with E-state index in [4.69, 9.17) is 10.00 Å². The van der Waals surface area contributed by atoms with E-state index in [1.807, 2.05) is 6.07 Å². The maximum absolute atomic E-state index is 12.0. The first kappa shape index (κ1) is 17.0. The molecule has 0 amide bonds. The van der Waals surface area contributed by atoms with Crippen molar-refractivity contribution in [1.82, 2.24) is 0 Å². The fourth-order valence-electron chi connectivity index (χ4n) is 1.42. The monoisotopic (exact) mass is 267 g/mol. The summed E-state index contributed by atoms with van der Waals surface area (Å²) in [7, 11) is 0. The third-order valence-corrected chi connectivity index (χ3v) is 2.01.